The molecule has 2 fully saturated rings. The van der Waals surface area contributed by atoms with Crippen LogP contribution in [0, 0.1) is 0 Å². The quantitative estimate of drug-likeness (QED) is 0.116. The molecule has 2 saturated heterocycles. The molecule has 6 aromatic heterocycles. The Morgan fingerprint density at radius 2 is 1.04 bits per heavy atom. The number of carbonyl (C=O) groups is 2. The van der Waals surface area contributed by atoms with Gasteiger partial charge in [0.25, 0.3) is 0 Å². The molecule has 75 heavy (non-hydrogen) atoms. The zero-order chi connectivity index (χ0) is 54.3. The molecule has 2 aliphatic heterocycles. The number of hydrogen-bond acceptors (Lipinski definition) is 16. The van der Waals surface area contributed by atoms with Crippen LogP contribution in [0.2, 0.25) is 5.15 Å². The lowest BCUT2D eigenvalue weighted by Crippen LogP contribution is -2.50. The number of pyridine rings is 4. The van der Waals surface area contributed by atoms with Crippen molar-refractivity contribution in [1.82, 2.24) is 49.7 Å². The van der Waals surface area contributed by atoms with Crippen LogP contribution in [-0.2, 0) is 15.9 Å². The van der Waals surface area contributed by atoms with Gasteiger partial charge in [-0.1, -0.05) is 41.9 Å². The van der Waals surface area contributed by atoms with Gasteiger partial charge in [-0.2, -0.15) is 0 Å². The van der Waals surface area contributed by atoms with Crippen LogP contribution in [0.4, 0.5) is 21.2 Å². The number of ether oxygens (including phenoxy) is 4. The van der Waals surface area contributed by atoms with Crippen molar-refractivity contribution in [2.75, 3.05) is 76.4 Å². The van der Waals surface area contributed by atoms with E-state index in [1.165, 1.54) is 5.56 Å². The maximum absolute atomic E-state index is 12.6. The van der Waals surface area contributed by atoms with Crippen molar-refractivity contribution < 1.29 is 28.5 Å². The Morgan fingerprint density at radius 1 is 0.613 bits per heavy atom. The summed E-state index contributed by atoms with van der Waals surface area (Å²) >= 11 is 6.08. The maximum Gasteiger partial charge on any atom is 0.410 e. The zero-order valence-electron chi connectivity index (χ0n) is 43.6. The van der Waals surface area contributed by atoms with Crippen LogP contribution in [0.3, 0.4) is 0 Å². The Balaban J connectivity index is 0.000000227. The fourth-order valence-electron chi connectivity index (χ4n) is 8.01. The maximum atomic E-state index is 12.6. The molecule has 0 N–H and O–H groups in total. The number of methoxy groups -OCH3 is 2. The molecule has 0 aliphatic carbocycles. The van der Waals surface area contributed by atoms with Crippen molar-refractivity contribution >= 4 is 95.2 Å². The molecule has 2 aliphatic rings. The largest absolute Gasteiger partial charge is 0.494 e. The van der Waals surface area contributed by atoms with Gasteiger partial charge in [0.1, 0.15) is 39.5 Å². The Hall–Kier alpha value is -7.15. The van der Waals surface area contributed by atoms with Crippen molar-refractivity contribution in [2.24, 2.45) is 0 Å². The first kappa shape index (κ1) is 57.1. The minimum Gasteiger partial charge on any atom is -0.494 e. The molecule has 9 radical (unpaired) electrons. The van der Waals surface area contributed by atoms with E-state index in [0.29, 0.717) is 91.7 Å². The van der Waals surface area contributed by atoms with Crippen molar-refractivity contribution in [3.63, 3.8) is 0 Å². The third kappa shape index (κ3) is 15.5. The summed E-state index contributed by atoms with van der Waals surface area (Å²) in [5, 5.41) is 1.94. The monoisotopic (exact) mass is 1020 g/mol. The molecule has 7 aromatic rings. The smallest absolute Gasteiger partial charge is 0.410 e. The average molecular weight is 1020 g/mol. The summed E-state index contributed by atoms with van der Waals surface area (Å²) < 4.78 is 22.3. The number of anilines is 2. The Morgan fingerprint density at radius 3 is 1.45 bits per heavy atom. The lowest BCUT2D eigenvalue weighted by molar-refractivity contribution is 0.0230. The van der Waals surface area contributed by atoms with Gasteiger partial charge in [-0.15, -0.1) is 0 Å². The first-order chi connectivity index (χ1) is 36.0. The van der Waals surface area contributed by atoms with E-state index in [0.717, 1.165) is 52.7 Å². The minimum atomic E-state index is -0.532. The van der Waals surface area contributed by atoms with Gasteiger partial charge in [-0.25, -0.2) is 34.5 Å². The molecule has 0 bridgehead atoms. The number of hydrogen-bond donors (Lipinski definition) is 0. The fourth-order valence-corrected chi connectivity index (χ4v) is 8.19. The molecule has 0 spiro atoms. The number of aromatic nitrogens is 8. The van der Waals surface area contributed by atoms with E-state index in [9.17, 15) is 9.59 Å². The van der Waals surface area contributed by atoms with E-state index in [1.54, 1.807) is 67.3 Å². The number of nitrogens with zero attached hydrogens (tertiary/aromatic N) is 12. The number of fused-ring (bicyclic) bond motifs is 2. The van der Waals surface area contributed by atoms with Crippen molar-refractivity contribution in [3.05, 3.63) is 108 Å². The summed E-state index contributed by atoms with van der Waals surface area (Å²) in [6.45, 7) is 15.7. The Kier molecular flexibility index (Phi) is 20.1. The van der Waals surface area contributed by atoms with Crippen LogP contribution in [0.25, 0.3) is 44.6 Å². The molecule has 0 saturated carbocycles. The summed E-state index contributed by atoms with van der Waals surface area (Å²) in [4.78, 5) is 69.4. The van der Waals surface area contributed by atoms with Gasteiger partial charge >= 0.3 is 12.2 Å². The number of carbonyl (C=O) groups excluding carboxylic acids is 2. The van der Waals surface area contributed by atoms with E-state index in [-0.39, 0.29) is 12.2 Å². The Labute approximate surface area is 449 Å². The summed E-state index contributed by atoms with van der Waals surface area (Å²) in [7, 11) is 21.2. The van der Waals surface area contributed by atoms with E-state index >= 15 is 0 Å². The molecule has 8 heterocycles. The molecule has 0 atom stereocenters. The van der Waals surface area contributed by atoms with E-state index in [2.05, 4.69) is 77.8 Å². The third-order valence-corrected chi connectivity index (χ3v) is 11.5. The molecule has 0 unspecified atom stereocenters. The van der Waals surface area contributed by atoms with Crippen LogP contribution < -0.4 is 19.3 Å². The second-order valence-electron chi connectivity index (χ2n) is 18.9. The lowest BCUT2D eigenvalue weighted by Gasteiger charge is -2.36. The normalized spacial score (nSPS) is 13.5. The predicted octanol–water partition coefficient (Wildman–Crippen LogP) is 6.65. The number of piperazine rings is 2. The van der Waals surface area contributed by atoms with Gasteiger partial charge in [0.05, 0.1) is 60.8 Å². The molecule has 379 valence electrons. The van der Waals surface area contributed by atoms with E-state index < -0.39 is 11.2 Å². The van der Waals surface area contributed by atoms with Gasteiger partial charge in [0.15, 0.2) is 11.6 Å². The van der Waals surface area contributed by atoms with E-state index in [1.807, 2.05) is 77.9 Å². The minimum absolute atomic E-state index is 0.296. The zero-order valence-corrected chi connectivity index (χ0v) is 44.4. The highest BCUT2D eigenvalue weighted by Crippen LogP contribution is 2.36. The first-order valence-electron chi connectivity index (χ1n) is 24.0. The summed E-state index contributed by atoms with van der Waals surface area (Å²) in [5.41, 5.74) is 4.05. The van der Waals surface area contributed by atoms with Crippen LogP contribution in [0.5, 0.6) is 11.5 Å². The third-order valence-electron chi connectivity index (χ3n) is 11.3. The van der Waals surface area contributed by atoms with E-state index in [4.69, 9.17) is 45.5 Å². The highest BCUT2D eigenvalue weighted by molar-refractivity contribution is 7.17. The Bertz CT molecular complexity index is 3020. The molecular weight excluding hydrogens is 966 g/mol. The molecule has 1 aromatic carbocycles. The van der Waals surface area contributed by atoms with Gasteiger partial charge < -0.3 is 38.5 Å². The molecular formula is C51H57B5ClN12O6. The summed E-state index contributed by atoms with van der Waals surface area (Å²) in [6, 6.07) is 17.7. The number of amides is 2. The van der Waals surface area contributed by atoms with Crippen LogP contribution in [-0.4, -0.2) is 178 Å². The molecule has 9 rings (SSSR count). The highest BCUT2D eigenvalue weighted by atomic mass is 35.5. The predicted molar refractivity (Wildman–Crippen MR) is 297 cm³/mol. The molecule has 18 nitrogen and oxygen atoms in total. The molecule has 24 heteroatoms. The van der Waals surface area contributed by atoms with Crippen LogP contribution in [0.1, 0.15) is 52.8 Å². The lowest BCUT2D eigenvalue weighted by atomic mass is 9.40. The van der Waals surface area contributed by atoms with Crippen LogP contribution >= 0.6 is 11.6 Å². The topological polar surface area (TPSA) is 187 Å². The van der Waals surface area contributed by atoms with Crippen molar-refractivity contribution in [1.29, 1.82) is 0 Å². The second-order valence-corrected chi connectivity index (χ2v) is 19.3. The highest BCUT2D eigenvalue weighted by Gasteiger charge is 2.30. The second kappa shape index (κ2) is 26.4. The summed E-state index contributed by atoms with van der Waals surface area (Å²) in [6.07, 6.45) is 10.3. The van der Waals surface area contributed by atoms with Gasteiger partial charge in [0, 0.05) is 126 Å². The standard InChI is InChI=1S/C29H32N6O3.C22H25ClN6O3.B3.B2/c1-29(2,3)38-28(36)35-14-12-34(13-15-35)27-25-23(18-30-19-24(25)37-4)32-26(33-27)21-10-11-31-22(17-21)16-20-8-6-5-7-9-20;1-22(2,3)32-21(30)29-9-7-28(8-10-29)20-18-15(12-24-13-16(18)31-4)26-19(27-20)14-5-6-25-17(23)11-14;1-3-2;1-2/h5-11,17-19H,12-16H2,1-4H3;5-6,11-13H,7-10H2,1-4H3;;. The number of rotatable bonds is 8. The first-order valence-corrected chi connectivity index (χ1v) is 24.4. The van der Waals surface area contributed by atoms with Crippen LogP contribution in [0.15, 0.2) is 91.8 Å². The fraction of sp³-hybridized carbons (Fsp3) is 0.373. The number of benzene rings is 1. The summed E-state index contributed by atoms with van der Waals surface area (Å²) in [5.74, 6) is 3.79. The SMILES string of the molecule is COc1cncc2nc(-c3ccnc(Cc4ccccc4)c3)nc(N3CCN(C(=O)OC(C)(C)C)CC3)c12.COc1cncc2nc(-c3ccnc(Cl)c3)nc(N3CCN(C(=O)OC(C)(C)C)CC3)c12.[B][B].[B][B][B]. The van der Waals surface area contributed by atoms with Crippen molar-refractivity contribution in [3.8, 4) is 34.3 Å². The van der Waals surface area contributed by atoms with Gasteiger partial charge in [-0.05, 0) is 71.4 Å². The number of halogens is 1. The van der Waals surface area contributed by atoms with Crippen molar-refractivity contribution in [2.45, 2.75) is 59.2 Å². The van der Waals surface area contributed by atoms with Gasteiger partial charge in [0.2, 0.25) is 0 Å². The molecule has 2 amide bonds. The average Bonchev–Trinajstić information content (AvgIpc) is 3.40. The van der Waals surface area contributed by atoms with Gasteiger partial charge in [-0.3, -0.25) is 15.0 Å².